The number of aromatic nitrogens is 4. The van der Waals surface area contributed by atoms with Gasteiger partial charge in [0.05, 0.1) is 18.3 Å². The summed E-state index contributed by atoms with van der Waals surface area (Å²) in [7, 11) is 1.84. The van der Waals surface area contributed by atoms with Crippen molar-refractivity contribution in [1.82, 2.24) is 19.3 Å². The third kappa shape index (κ3) is 1.94. The van der Waals surface area contributed by atoms with E-state index in [9.17, 15) is 8.78 Å². The number of hydrogen-bond acceptors (Lipinski definition) is 2. The molecule has 0 saturated carbocycles. The molecule has 0 aliphatic heterocycles. The van der Waals surface area contributed by atoms with Gasteiger partial charge in [0.1, 0.15) is 11.3 Å². The maximum absolute atomic E-state index is 13.7. The molecule has 1 aromatic carbocycles. The minimum absolute atomic E-state index is 0.220. The zero-order chi connectivity index (χ0) is 14.4. The minimum Gasteiger partial charge on any atom is -0.328 e. The lowest BCUT2D eigenvalue weighted by molar-refractivity contribution is 0.590. The zero-order valence-corrected chi connectivity index (χ0v) is 11.8. The second-order valence-corrected chi connectivity index (χ2v) is 5.06. The van der Waals surface area contributed by atoms with E-state index in [2.05, 4.69) is 10.1 Å². The molecule has 0 aliphatic carbocycles. The van der Waals surface area contributed by atoms with Crippen LogP contribution in [0.25, 0.3) is 11.0 Å². The molecule has 0 radical (unpaired) electrons. The van der Waals surface area contributed by atoms with Crippen molar-refractivity contribution >= 4 is 23.3 Å². The van der Waals surface area contributed by atoms with E-state index in [4.69, 9.17) is 12.2 Å². The van der Waals surface area contributed by atoms with E-state index in [-0.39, 0.29) is 5.52 Å². The Bertz CT molecular complexity index is 859. The van der Waals surface area contributed by atoms with E-state index in [0.717, 1.165) is 17.3 Å². The quantitative estimate of drug-likeness (QED) is 0.738. The molecular weight excluding hydrogens is 282 g/mol. The summed E-state index contributed by atoms with van der Waals surface area (Å²) in [5, 5.41) is 4.15. The fraction of sp³-hybridized carbons (Fsp3) is 0.231. The topological polar surface area (TPSA) is 38.5 Å². The normalized spacial score (nSPS) is 11.4. The van der Waals surface area contributed by atoms with Crippen LogP contribution in [0.2, 0.25) is 0 Å². The van der Waals surface area contributed by atoms with Gasteiger partial charge in [-0.25, -0.2) is 8.78 Å². The number of hydrogen-bond donors (Lipinski definition) is 1. The van der Waals surface area contributed by atoms with Gasteiger partial charge in [0.25, 0.3) is 0 Å². The molecule has 2 heterocycles. The third-order valence-electron chi connectivity index (χ3n) is 3.47. The Kier molecular flexibility index (Phi) is 2.93. The predicted molar refractivity (Wildman–Crippen MR) is 74.1 cm³/mol. The maximum Gasteiger partial charge on any atom is 0.178 e. The first-order chi connectivity index (χ1) is 9.47. The Morgan fingerprint density at radius 3 is 2.75 bits per heavy atom. The van der Waals surface area contributed by atoms with Crippen LogP contribution in [0, 0.1) is 23.3 Å². The number of nitrogens with one attached hydrogen (secondary N) is 1. The molecule has 7 heteroatoms. The fourth-order valence-electron chi connectivity index (χ4n) is 2.21. The first-order valence-electron chi connectivity index (χ1n) is 6.02. The number of H-pyrrole nitrogens is 1. The standard InChI is InChI=1S/C13H12F2N4S/c1-7-8(5-16-18(7)2)6-19-11-4-9(14)3-10(15)12(11)17-13(19)20/h3-5H,6H2,1-2H3,(H,17,20). The SMILES string of the molecule is Cc1c(Cn2c(=S)[nH]c3c(F)cc(F)cc32)cnn1C. The number of aryl methyl sites for hydroxylation is 1. The van der Waals surface area contributed by atoms with E-state index in [0.29, 0.717) is 16.8 Å². The highest BCUT2D eigenvalue weighted by Crippen LogP contribution is 2.21. The molecule has 0 fully saturated rings. The molecular formula is C13H12F2N4S. The maximum atomic E-state index is 13.7. The first-order valence-corrected chi connectivity index (χ1v) is 6.43. The van der Waals surface area contributed by atoms with Crippen LogP contribution >= 0.6 is 12.2 Å². The molecule has 104 valence electrons. The van der Waals surface area contributed by atoms with Crippen molar-refractivity contribution in [2.45, 2.75) is 13.5 Å². The summed E-state index contributed by atoms with van der Waals surface area (Å²) in [6.07, 6.45) is 1.73. The van der Waals surface area contributed by atoms with Crippen molar-refractivity contribution in [2.75, 3.05) is 0 Å². The Morgan fingerprint density at radius 2 is 2.10 bits per heavy atom. The number of aromatic amines is 1. The smallest absolute Gasteiger partial charge is 0.178 e. The molecule has 4 nitrogen and oxygen atoms in total. The lowest BCUT2D eigenvalue weighted by atomic mass is 10.2. The van der Waals surface area contributed by atoms with Gasteiger partial charge in [0.15, 0.2) is 10.6 Å². The lowest BCUT2D eigenvalue weighted by Crippen LogP contribution is -2.02. The van der Waals surface area contributed by atoms with Gasteiger partial charge in [-0.1, -0.05) is 0 Å². The van der Waals surface area contributed by atoms with Crippen molar-refractivity contribution in [3.63, 3.8) is 0 Å². The molecule has 3 rings (SSSR count). The van der Waals surface area contributed by atoms with E-state index >= 15 is 0 Å². The van der Waals surface area contributed by atoms with Crippen LogP contribution in [0.1, 0.15) is 11.3 Å². The average Bonchev–Trinajstić information content (AvgIpc) is 2.86. The number of fused-ring (bicyclic) bond motifs is 1. The number of benzene rings is 1. The van der Waals surface area contributed by atoms with Gasteiger partial charge in [0.2, 0.25) is 0 Å². The molecule has 0 spiro atoms. The second kappa shape index (κ2) is 4.52. The summed E-state index contributed by atoms with van der Waals surface area (Å²) >= 11 is 5.20. The van der Waals surface area contributed by atoms with Crippen molar-refractivity contribution in [1.29, 1.82) is 0 Å². The van der Waals surface area contributed by atoms with Crippen LogP contribution < -0.4 is 0 Å². The van der Waals surface area contributed by atoms with Crippen LogP contribution in [-0.4, -0.2) is 19.3 Å². The molecule has 0 aliphatic rings. The van der Waals surface area contributed by atoms with Gasteiger partial charge in [0, 0.05) is 24.4 Å². The van der Waals surface area contributed by atoms with Gasteiger partial charge < -0.3 is 9.55 Å². The molecule has 0 amide bonds. The Morgan fingerprint density at radius 1 is 1.35 bits per heavy atom. The summed E-state index contributed by atoms with van der Waals surface area (Å²) < 4.78 is 30.9. The van der Waals surface area contributed by atoms with Gasteiger partial charge in [-0.2, -0.15) is 5.10 Å². The highest BCUT2D eigenvalue weighted by molar-refractivity contribution is 7.71. The van der Waals surface area contributed by atoms with E-state index in [1.807, 2.05) is 14.0 Å². The highest BCUT2D eigenvalue weighted by Gasteiger charge is 2.13. The van der Waals surface area contributed by atoms with Crippen LogP contribution in [0.5, 0.6) is 0 Å². The number of halogens is 2. The summed E-state index contributed by atoms with van der Waals surface area (Å²) in [4.78, 5) is 2.78. The van der Waals surface area contributed by atoms with Crippen LogP contribution in [0.4, 0.5) is 8.78 Å². The first kappa shape index (κ1) is 13.0. The summed E-state index contributed by atoms with van der Waals surface area (Å²) in [5.74, 6) is -1.27. The van der Waals surface area contributed by atoms with Crippen LogP contribution in [-0.2, 0) is 13.6 Å². The van der Waals surface area contributed by atoms with Crippen LogP contribution in [0.3, 0.4) is 0 Å². The Balaban J connectivity index is 2.19. The molecule has 0 unspecified atom stereocenters. The summed E-state index contributed by atoms with van der Waals surface area (Å²) in [6, 6.07) is 2.11. The number of imidazole rings is 1. The van der Waals surface area contributed by atoms with Crippen LogP contribution in [0.15, 0.2) is 18.3 Å². The Labute approximate surface area is 118 Å². The summed E-state index contributed by atoms with van der Waals surface area (Å²) in [6.45, 7) is 2.35. The molecule has 2 aromatic heterocycles. The molecule has 0 saturated heterocycles. The molecule has 3 aromatic rings. The molecule has 0 atom stereocenters. The monoisotopic (exact) mass is 294 g/mol. The minimum atomic E-state index is -0.646. The van der Waals surface area contributed by atoms with Gasteiger partial charge in [-0.05, 0) is 25.2 Å². The third-order valence-corrected chi connectivity index (χ3v) is 3.79. The molecule has 1 N–H and O–H groups in total. The molecule has 0 bridgehead atoms. The van der Waals surface area contributed by atoms with E-state index < -0.39 is 11.6 Å². The molecule has 20 heavy (non-hydrogen) atoms. The highest BCUT2D eigenvalue weighted by atomic mass is 32.1. The summed E-state index contributed by atoms with van der Waals surface area (Å²) in [5.41, 5.74) is 2.57. The average molecular weight is 294 g/mol. The van der Waals surface area contributed by atoms with Crippen molar-refractivity contribution in [2.24, 2.45) is 7.05 Å². The largest absolute Gasteiger partial charge is 0.328 e. The van der Waals surface area contributed by atoms with Crippen molar-refractivity contribution in [3.05, 3.63) is 46.0 Å². The van der Waals surface area contributed by atoms with Gasteiger partial charge in [-0.15, -0.1) is 0 Å². The Hall–Kier alpha value is -2.02. The lowest BCUT2D eigenvalue weighted by Gasteiger charge is -2.04. The number of rotatable bonds is 2. The van der Waals surface area contributed by atoms with Gasteiger partial charge in [-0.3, -0.25) is 4.68 Å². The zero-order valence-electron chi connectivity index (χ0n) is 10.9. The van der Waals surface area contributed by atoms with E-state index in [1.165, 1.54) is 6.07 Å². The fourth-order valence-corrected chi connectivity index (χ4v) is 2.47. The van der Waals surface area contributed by atoms with Gasteiger partial charge >= 0.3 is 0 Å². The van der Waals surface area contributed by atoms with Crippen molar-refractivity contribution in [3.8, 4) is 0 Å². The van der Waals surface area contributed by atoms with E-state index in [1.54, 1.807) is 15.4 Å². The number of nitrogens with zero attached hydrogens (tertiary/aromatic N) is 3. The van der Waals surface area contributed by atoms with Crippen molar-refractivity contribution < 1.29 is 8.78 Å². The second-order valence-electron chi connectivity index (χ2n) is 4.68. The predicted octanol–water partition coefficient (Wildman–Crippen LogP) is 3.07.